The summed E-state index contributed by atoms with van der Waals surface area (Å²) in [5, 5.41) is 3.25. The van der Waals surface area contributed by atoms with Crippen molar-refractivity contribution in [3.05, 3.63) is 34.1 Å². The van der Waals surface area contributed by atoms with Crippen LogP contribution in [-0.4, -0.2) is 36.5 Å². The van der Waals surface area contributed by atoms with Gasteiger partial charge in [-0.1, -0.05) is 0 Å². The van der Waals surface area contributed by atoms with Crippen LogP contribution >= 0.6 is 15.9 Å². The van der Waals surface area contributed by atoms with E-state index in [4.69, 9.17) is 0 Å². The van der Waals surface area contributed by atoms with Gasteiger partial charge in [0.1, 0.15) is 5.82 Å². The molecule has 1 atom stereocenters. The summed E-state index contributed by atoms with van der Waals surface area (Å²) in [4.78, 5) is 14.2. The van der Waals surface area contributed by atoms with E-state index in [1.54, 1.807) is 6.07 Å². The number of hydrogen-bond acceptors (Lipinski definition) is 2. The molecule has 1 N–H and O–H groups in total. The largest absolute Gasteiger partial charge is 0.335 e. The Balaban J connectivity index is 2.19. The van der Waals surface area contributed by atoms with E-state index in [9.17, 15) is 9.18 Å². The highest BCUT2D eigenvalue weighted by atomic mass is 79.9. The van der Waals surface area contributed by atoms with Gasteiger partial charge in [-0.2, -0.15) is 0 Å². The topological polar surface area (TPSA) is 32.3 Å². The van der Waals surface area contributed by atoms with E-state index in [1.165, 1.54) is 12.1 Å². The van der Waals surface area contributed by atoms with Crippen molar-refractivity contribution < 1.29 is 9.18 Å². The Hall–Kier alpha value is -0.940. The van der Waals surface area contributed by atoms with E-state index in [2.05, 4.69) is 21.2 Å². The lowest BCUT2D eigenvalue weighted by Gasteiger charge is -2.27. The summed E-state index contributed by atoms with van der Waals surface area (Å²) < 4.78 is 13.5. The molecule has 0 radical (unpaired) electrons. The lowest BCUT2D eigenvalue weighted by Crippen LogP contribution is -2.41. The number of benzene rings is 1. The van der Waals surface area contributed by atoms with E-state index >= 15 is 0 Å². The molecule has 0 aromatic heterocycles. The average Bonchev–Trinajstić information content (AvgIpc) is 2.87. The molecule has 18 heavy (non-hydrogen) atoms. The molecule has 2 rings (SSSR count). The van der Waals surface area contributed by atoms with Crippen molar-refractivity contribution in [3.63, 3.8) is 0 Å². The van der Waals surface area contributed by atoms with Gasteiger partial charge in [0.2, 0.25) is 0 Å². The minimum absolute atomic E-state index is 0.0353. The molecule has 1 unspecified atom stereocenters. The predicted molar refractivity (Wildman–Crippen MR) is 72.1 cm³/mol. The molecule has 3 nitrogen and oxygen atoms in total. The molecule has 1 amide bonds. The molecule has 0 spiro atoms. The van der Waals surface area contributed by atoms with E-state index in [0.29, 0.717) is 16.6 Å². The van der Waals surface area contributed by atoms with Gasteiger partial charge < -0.3 is 10.2 Å². The summed E-state index contributed by atoms with van der Waals surface area (Å²) in [6, 6.07) is 4.64. The van der Waals surface area contributed by atoms with Crippen LogP contribution in [0.25, 0.3) is 0 Å². The first-order chi connectivity index (χ1) is 8.63. The minimum atomic E-state index is -0.350. The van der Waals surface area contributed by atoms with Gasteiger partial charge in [0.15, 0.2) is 0 Å². The molecule has 1 aliphatic heterocycles. The molecule has 0 aliphatic carbocycles. The van der Waals surface area contributed by atoms with Gasteiger partial charge in [-0.25, -0.2) is 4.39 Å². The van der Waals surface area contributed by atoms with Crippen LogP contribution in [0.5, 0.6) is 0 Å². The second-order valence-corrected chi connectivity index (χ2v) is 5.22. The van der Waals surface area contributed by atoms with Crippen molar-refractivity contribution in [3.8, 4) is 0 Å². The third-order valence-corrected chi connectivity index (χ3v) is 3.85. The second-order valence-electron chi connectivity index (χ2n) is 4.37. The van der Waals surface area contributed by atoms with Crippen LogP contribution in [0, 0.1) is 5.82 Å². The van der Waals surface area contributed by atoms with Crippen molar-refractivity contribution in [2.45, 2.75) is 19.4 Å². The van der Waals surface area contributed by atoms with Crippen LogP contribution in [0.15, 0.2) is 22.7 Å². The smallest absolute Gasteiger partial charge is 0.254 e. The monoisotopic (exact) mass is 314 g/mol. The lowest BCUT2D eigenvalue weighted by atomic mass is 10.1. The molecule has 1 aromatic rings. The lowest BCUT2D eigenvalue weighted by molar-refractivity contribution is 0.0703. The fraction of sp³-hybridized carbons (Fsp3) is 0.462. The Bertz CT molecular complexity index is 447. The summed E-state index contributed by atoms with van der Waals surface area (Å²) in [6.45, 7) is 4.42. The van der Waals surface area contributed by atoms with E-state index < -0.39 is 0 Å². The summed E-state index contributed by atoms with van der Waals surface area (Å²) in [5.41, 5.74) is 0.525. The second kappa shape index (κ2) is 5.80. The molecule has 0 saturated carbocycles. The van der Waals surface area contributed by atoms with E-state index in [0.717, 1.165) is 19.5 Å². The molecule has 1 heterocycles. The Morgan fingerprint density at radius 2 is 2.39 bits per heavy atom. The van der Waals surface area contributed by atoms with Gasteiger partial charge >= 0.3 is 0 Å². The maximum absolute atomic E-state index is 13.2. The van der Waals surface area contributed by atoms with Gasteiger partial charge in [0.05, 0.1) is 4.47 Å². The maximum Gasteiger partial charge on any atom is 0.254 e. The van der Waals surface area contributed by atoms with Crippen LogP contribution in [0.2, 0.25) is 0 Å². The average molecular weight is 315 g/mol. The molecule has 98 valence electrons. The zero-order valence-electron chi connectivity index (χ0n) is 10.2. The van der Waals surface area contributed by atoms with Crippen LogP contribution < -0.4 is 5.32 Å². The third-order valence-electron chi connectivity index (χ3n) is 3.24. The van der Waals surface area contributed by atoms with Crippen molar-refractivity contribution in [1.29, 1.82) is 0 Å². The zero-order chi connectivity index (χ0) is 13.1. The molecule has 1 saturated heterocycles. The number of rotatable bonds is 3. The Morgan fingerprint density at radius 1 is 1.61 bits per heavy atom. The number of hydrogen-bond donors (Lipinski definition) is 1. The highest BCUT2D eigenvalue weighted by molar-refractivity contribution is 9.10. The van der Waals surface area contributed by atoms with Gasteiger partial charge in [0.25, 0.3) is 5.91 Å². The molecule has 1 aromatic carbocycles. The van der Waals surface area contributed by atoms with Crippen molar-refractivity contribution in [2.24, 2.45) is 0 Å². The van der Waals surface area contributed by atoms with Crippen LogP contribution in [-0.2, 0) is 0 Å². The quantitative estimate of drug-likeness (QED) is 0.929. The number of amides is 1. The predicted octanol–water partition coefficient (Wildman–Crippen LogP) is 2.41. The summed E-state index contributed by atoms with van der Waals surface area (Å²) >= 11 is 3.11. The van der Waals surface area contributed by atoms with Crippen LogP contribution in [0.3, 0.4) is 0 Å². The van der Waals surface area contributed by atoms with E-state index in [-0.39, 0.29) is 17.8 Å². The molecular weight excluding hydrogens is 299 g/mol. The van der Waals surface area contributed by atoms with Crippen molar-refractivity contribution >= 4 is 21.8 Å². The van der Waals surface area contributed by atoms with Crippen molar-refractivity contribution in [2.75, 3.05) is 19.6 Å². The highest BCUT2D eigenvalue weighted by Gasteiger charge is 2.26. The van der Waals surface area contributed by atoms with Crippen molar-refractivity contribution in [1.82, 2.24) is 10.2 Å². The number of carbonyl (C=O) groups is 1. The fourth-order valence-electron chi connectivity index (χ4n) is 2.27. The van der Waals surface area contributed by atoms with E-state index in [1.807, 2.05) is 11.8 Å². The third kappa shape index (κ3) is 2.72. The number of likely N-dealkylation sites (N-methyl/N-ethyl adjacent to an activating group) is 1. The number of nitrogens with one attached hydrogen (secondary N) is 1. The number of nitrogens with zero attached hydrogens (tertiary/aromatic N) is 1. The zero-order valence-corrected chi connectivity index (χ0v) is 11.8. The van der Waals surface area contributed by atoms with Crippen LogP contribution in [0.1, 0.15) is 23.7 Å². The molecule has 1 aliphatic rings. The van der Waals surface area contributed by atoms with Gasteiger partial charge in [-0.3, -0.25) is 4.79 Å². The highest BCUT2D eigenvalue weighted by Crippen LogP contribution is 2.19. The summed E-state index contributed by atoms with van der Waals surface area (Å²) in [6.07, 6.45) is 0.974. The first-order valence-electron chi connectivity index (χ1n) is 6.10. The summed E-state index contributed by atoms with van der Waals surface area (Å²) in [7, 11) is 0. The van der Waals surface area contributed by atoms with Gasteiger partial charge in [-0.05, 0) is 54.0 Å². The minimum Gasteiger partial charge on any atom is -0.335 e. The molecule has 1 fully saturated rings. The number of halogens is 2. The first-order valence-corrected chi connectivity index (χ1v) is 6.89. The van der Waals surface area contributed by atoms with Gasteiger partial charge in [-0.15, -0.1) is 0 Å². The Morgan fingerprint density at radius 3 is 2.94 bits per heavy atom. The standard InChI is InChI=1S/C13H16BrFN2O/c1-2-17(10-5-6-16-8-10)13(18)9-3-4-12(15)11(14)7-9/h3-4,7,10,16H,2,5-6,8H2,1H3. The molecule has 0 bridgehead atoms. The molecular formula is C13H16BrFN2O. The SMILES string of the molecule is CCN(C(=O)c1ccc(F)c(Br)c1)C1CCNC1. The van der Waals surface area contributed by atoms with Crippen LogP contribution in [0.4, 0.5) is 4.39 Å². The molecule has 5 heteroatoms. The number of carbonyl (C=O) groups excluding carboxylic acids is 1. The summed E-state index contributed by atoms with van der Waals surface area (Å²) in [5.74, 6) is -0.385. The normalized spacial score (nSPS) is 18.9. The maximum atomic E-state index is 13.2. The first kappa shape index (κ1) is 13.5. The fourth-order valence-corrected chi connectivity index (χ4v) is 2.65. The Labute approximate surface area is 114 Å². The Kier molecular flexibility index (Phi) is 4.35. The van der Waals surface area contributed by atoms with Gasteiger partial charge in [0, 0.05) is 24.7 Å².